The van der Waals surface area contributed by atoms with Crippen molar-refractivity contribution in [2.24, 2.45) is 0 Å². The third-order valence-corrected chi connectivity index (χ3v) is 2.19. The topological polar surface area (TPSA) is 20.2 Å². The Morgan fingerprint density at radius 3 is 2.19 bits per heavy atom. The van der Waals surface area contributed by atoms with Gasteiger partial charge in [-0.2, -0.15) is 0 Å². The van der Waals surface area contributed by atoms with E-state index in [2.05, 4.69) is 0 Å². The molecule has 0 aliphatic carbocycles. The van der Waals surface area contributed by atoms with Crippen molar-refractivity contribution >= 4 is 0 Å². The second-order valence-electron chi connectivity index (χ2n) is 3.29. The first-order valence-electron chi connectivity index (χ1n) is 4.52. The van der Waals surface area contributed by atoms with Gasteiger partial charge in [0.25, 0.3) is 0 Å². The van der Waals surface area contributed by atoms with Gasteiger partial charge in [0.05, 0.1) is 0 Å². The average molecular weight is 224 g/mol. The minimum Gasteiger partial charge on any atom is -0.505 e. The van der Waals surface area contributed by atoms with E-state index in [4.69, 9.17) is 5.11 Å². The maximum absolute atomic E-state index is 13.4. The molecule has 0 spiro atoms. The highest BCUT2D eigenvalue weighted by atomic mass is 19.1. The van der Waals surface area contributed by atoms with Crippen molar-refractivity contribution in [3.05, 3.63) is 53.8 Å². The molecule has 0 radical (unpaired) electrons. The first-order chi connectivity index (χ1) is 7.58. The van der Waals surface area contributed by atoms with Gasteiger partial charge in [-0.05, 0) is 29.8 Å². The van der Waals surface area contributed by atoms with Crippen LogP contribution in [0, 0.1) is 17.5 Å². The van der Waals surface area contributed by atoms with Crippen molar-refractivity contribution in [1.29, 1.82) is 0 Å². The minimum absolute atomic E-state index is 0.108. The maximum atomic E-state index is 13.4. The molecule has 0 fully saturated rings. The molecule has 2 aromatic carbocycles. The van der Waals surface area contributed by atoms with Gasteiger partial charge in [-0.1, -0.05) is 6.07 Å². The number of halogens is 3. The molecule has 0 aliphatic heterocycles. The van der Waals surface area contributed by atoms with Crippen LogP contribution < -0.4 is 0 Å². The van der Waals surface area contributed by atoms with E-state index in [9.17, 15) is 13.2 Å². The van der Waals surface area contributed by atoms with Crippen LogP contribution in [-0.4, -0.2) is 5.11 Å². The lowest BCUT2D eigenvalue weighted by Gasteiger charge is -2.04. The zero-order chi connectivity index (χ0) is 11.7. The number of benzene rings is 2. The predicted octanol–water partition coefficient (Wildman–Crippen LogP) is 3.48. The Morgan fingerprint density at radius 1 is 0.812 bits per heavy atom. The Balaban J connectivity index is 2.54. The Bertz CT molecular complexity index is 538. The molecule has 2 aromatic rings. The summed E-state index contributed by atoms with van der Waals surface area (Å²) in [6.45, 7) is 0. The molecule has 0 aromatic heterocycles. The second kappa shape index (κ2) is 3.89. The average Bonchev–Trinajstić information content (AvgIpc) is 2.22. The van der Waals surface area contributed by atoms with Gasteiger partial charge in [0.2, 0.25) is 0 Å². The summed E-state index contributed by atoms with van der Waals surface area (Å²) in [5.74, 6) is -2.80. The molecule has 0 amide bonds. The molecule has 16 heavy (non-hydrogen) atoms. The van der Waals surface area contributed by atoms with Crippen LogP contribution in [0.1, 0.15) is 0 Å². The van der Waals surface area contributed by atoms with Gasteiger partial charge in [0.15, 0.2) is 11.6 Å². The zero-order valence-corrected chi connectivity index (χ0v) is 8.05. The molecule has 2 rings (SSSR count). The molecule has 0 saturated heterocycles. The van der Waals surface area contributed by atoms with Gasteiger partial charge in [-0.15, -0.1) is 0 Å². The summed E-state index contributed by atoms with van der Waals surface area (Å²) in [7, 11) is 0. The fourth-order valence-electron chi connectivity index (χ4n) is 1.40. The third kappa shape index (κ3) is 1.86. The normalized spacial score (nSPS) is 10.4. The third-order valence-electron chi connectivity index (χ3n) is 2.19. The molecule has 0 aliphatic rings. The lowest BCUT2D eigenvalue weighted by Crippen LogP contribution is -1.87. The molecule has 1 nitrogen and oxygen atoms in total. The Labute approximate surface area is 89.8 Å². The molecule has 1 N–H and O–H groups in total. The van der Waals surface area contributed by atoms with Crippen LogP contribution in [0.25, 0.3) is 11.1 Å². The highest BCUT2D eigenvalue weighted by Gasteiger charge is 2.08. The van der Waals surface area contributed by atoms with Crippen LogP contribution in [0.2, 0.25) is 0 Å². The number of rotatable bonds is 1. The first kappa shape index (κ1) is 10.5. The van der Waals surface area contributed by atoms with Crippen molar-refractivity contribution < 1.29 is 18.3 Å². The summed E-state index contributed by atoms with van der Waals surface area (Å²) >= 11 is 0. The van der Waals surface area contributed by atoms with Crippen molar-refractivity contribution in [2.45, 2.75) is 0 Å². The van der Waals surface area contributed by atoms with E-state index in [0.717, 1.165) is 24.3 Å². The summed E-state index contributed by atoms with van der Waals surface area (Å²) < 4.78 is 38.8. The van der Waals surface area contributed by atoms with Gasteiger partial charge in [0.1, 0.15) is 11.6 Å². The van der Waals surface area contributed by atoms with Crippen LogP contribution in [0.4, 0.5) is 13.2 Å². The van der Waals surface area contributed by atoms with Crippen LogP contribution in [-0.2, 0) is 0 Å². The van der Waals surface area contributed by atoms with E-state index in [1.807, 2.05) is 0 Å². The molecule has 0 saturated carbocycles. The predicted molar refractivity (Wildman–Crippen MR) is 53.4 cm³/mol. The maximum Gasteiger partial charge on any atom is 0.164 e. The molecule has 4 heteroatoms. The van der Waals surface area contributed by atoms with Gasteiger partial charge in [-0.25, -0.2) is 13.2 Å². The number of phenols is 1. The smallest absolute Gasteiger partial charge is 0.164 e. The lowest BCUT2D eigenvalue weighted by atomic mass is 10.0. The van der Waals surface area contributed by atoms with Crippen LogP contribution in [0.5, 0.6) is 5.75 Å². The molecule has 0 heterocycles. The van der Waals surface area contributed by atoms with E-state index < -0.39 is 23.2 Å². The van der Waals surface area contributed by atoms with Crippen molar-refractivity contribution in [1.82, 2.24) is 0 Å². The van der Waals surface area contributed by atoms with E-state index in [-0.39, 0.29) is 11.1 Å². The number of hydrogen-bond donors (Lipinski definition) is 1. The number of phenolic OH excluding ortho intramolecular Hbond substituents is 1. The molecular formula is C12H7F3O. The molecule has 0 bridgehead atoms. The van der Waals surface area contributed by atoms with Crippen molar-refractivity contribution in [2.75, 3.05) is 0 Å². The monoisotopic (exact) mass is 224 g/mol. The summed E-state index contributed by atoms with van der Waals surface area (Å²) in [5.41, 5.74) is 0.396. The van der Waals surface area contributed by atoms with Gasteiger partial charge in [0, 0.05) is 11.6 Å². The number of hydrogen-bond acceptors (Lipinski definition) is 1. The van der Waals surface area contributed by atoms with Crippen molar-refractivity contribution in [3.8, 4) is 16.9 Å². The van der Waals surface area contributed by atoms with E-state index in [1.54, 1.807) is 0 Å². The second-order valence-corrected chi connectivity index (χ2v) is 3.29. The molecule has 82 valence electrons. The molecular weight excluding hydrogens is 217 g/mol. The van der Waals surface area contributed by atoms with E-state index in [0.29, 0.717) is 0 Å². The summed E-state index contributed by atoms with van der Waals surface area (Å²) in [6.07, 6.45) is 0. The first-order valence-corrected chi connectivity index (χ1v) is 4.52. The van der Waals surface area contributed by atoms with Gasteiger partial charge < -0.3 is 5.11 Å². The van der Waals surface area contributed by atoms with Gasteiger partial charge >= 0.3 is 0 Å². The highest BCUT2D eigenvalue weighted by molar-refractivity contribution is 5.65. The quantitative estimate of drug-likeness (QED) is 0.786. The fraction of sp³-hybridized carbons (Fsp3) is 0. The van der Waals surface area contributed by atoms with Crippen LogP contribution >= 0.6 is 0 Å². The molecule has 0 unspecified atom stereocenters. The Morgan fingerprint density at radius 2 is 1.56 bits per heavy atom. The minimum atomic E-state index is -0.786. The largest absolute Gasteiger partial charge is 0.505 e. The number of aromatic hydroxyl groups is 1. The van der Waals surface area contributed by atoms with E-state index >= 15 is 0 Å². The van der Waals surface area contributed by atoms with Gasteiger partial charge in [-0.3, -0.25) is 0 Å². The zero-order valence-electron chi connectivity index (χ0n) is 8.05. The molecule has 0 atom stereocenters. The van der Waals surface area contributed by atoms with Crippen LogP contribution in [0.3, 0.4) is 0 Å². The Hall–Kier alpha value is -1.97. The summed E-state index contributed by atoms with van der Waals surface area (Å²) in [5, 5.41) is 9.14. The van der Waals surface area contributed by atoms with Crippen molar-refractivity contribution in [3.63, 3.8) is 0 Å². The highest BCUT2D eigenvalue weighted by Crippen LogP contribution is 2.27. The lowest BCUT2D eigenvalue weighted by molar-refractivity contribution is 0.432. The summed E-state index contributed by atoms with van der Waals surface area (Å²) in [6, 6.07) is 6.48. The standard InChI is InChI=1S/C12H7F3O/c13-8-2-3-9(11(15)6-8)7-1-4-10(14)12(16)5-7/h1-6,16H. The summed E-state index contributed by atoms with van der Waals surface area (Å²) in [4.78, 5) is 0. The van der Waals surface area contributed by atoms with E-state index in [1.165, 1.54) is 12.1 Å². The SMILES string of the molecule is Oc1cc(-c2ccc(F)cc2F)ccc1F. The Kier molecular flexibility index (Phi) is 2.56. The fourth-order valence-corrected chi connectivity index (χ4v) is 1.40. The van der Waals surface area contributed by atoms with Crippen LogP contribution in [0.15, 0.2) is 36.4 Å².